The topological polar surface area (TPSA) is 55.1 Å². The van der Waals surface area contributed by atoms with Gasteiger partial charge in [-0.1, -0.05) is 37.3 Å². The van der Waals surface area contributed by atoms with Gasteiger partial charge in [0.15, 0.2) is 0 Å². The number of nitrogens with two attached hydrogens (primary N) is 1. The van der Waals surface area contributed by atoms with Crippen molar-refractivity contribution in [1.29, 1.82) is 0 Å². The third-order valence-corrected chi connectivity index (χ3v) is 3.86. The van der Waals surface area contributed by atoms with Gasteiger partial charge in [0.2, 0.25) is 0 Å². The van der Waals surface area contributed by atoms with Gasteiger partial charge in [-0.3, -0.25) is 4.79 Å². The van der Waals surface area contributed by atoms with Crippen molar-refractivity contribution >= 4 is 27.5 Å². The first-order valence-corrected chi connectivity index (χ1v) is 7.25. The van der Waals surface area contributed by atoms with E-state index in [-0.39, 0.29) is 11.8 Å². The zero-order valence-corrected chi connectivity index (χ0v) is 12.9. The van der Waals surface area contributed by atoms with Crippen molar-refractivity contribution in [2.75, 3.05) is 12.3 Å². The number of nitrogens with one attached hydrogen (secondary N) is 1. The number of hydrogen-bond donors (Lipinski definition) is 2. The molecule has 1 unspecified atom stereocenters. The Labute approximate surface area is 127 Å². The summed E-state index contributed by atoms with van der Waals surface area (Å²) in [6.45, 7) is 2.67. The van der Waals surface area contributed by atoms with Gasteiger partial charge in [0.05, 0.1) is 5.56 Å². The molecular formula is C16H17BrN2O. The van der Waals surface area contributed by atoms with Crippen molar-refractivity contribution in [3.8, 4) is 0 Å². The van der Waals surface area contributed by atoms with Crippen LogP contribution in [0.15, 0.2) is 53.0 Å². The molecule has 20 heavy (non-hydrogen) atoms. The lowest BCUT2D eigenvalue weighted by molar-refractivity contribution is 0.0951. The SMILES string of the molecule is CC(CNC(=O)c1cc(N)ccc1Br)c1ccccc1. The number of benzene rings is 2. The Morgan fingerprint density at radius 1 is 1.25 bits per heavy atom. The number of anilines is 1. The molecule has 0 aromatic heterocycles. The van der Waals surface area contributed by atoms with Crippen LogP contribution in [0.3, 0.4) is 0 Å². The molecule has 0 aliphatic carbocycles. The zero-order chi connectivity index (χ0) is 14.5. The second-order valence-corrected chi connectivity index (χ2v) is 5.62. The van der Waals surface area contributed by atoms with E-state index in [1.54, 1.807) is 18.2 Å². The highest BCUT2D eigenvalue weighted by atomic mass is 79.9. The molecule has 1 atom stereocenters. The number of carbonyl (C=O) groups excluding carboxylic acids is 1. The minimum absolute atomic E-state index is 0.119. The van der Waals surface area contributed by atoms with Crippen LogP contribution in [0.25, 0.3) is 0 Å². The Bertz CT molecular complexity index is 599. The van der Waals surface area contributed by atoms with E-state index >= 15 is 0 Å². The summed E-state index contributed by atoms with van der Waals surface area (Å²) in [5.74, 6) is 0.145. The van der Waals surface area contributed by atoms with Gasteiger partial charge in [0.1, 0.15) is 0 Å². The maximum Gasteiger partial charge on any atom is 0.252 e. The van der Waals surface area contributed by atoms with Crippen molar-refractivity contribution in [3.05, 3.63) is 64.1 Å². The van der Waals surface area contributed by atoms with E-state index in [4.69, 9.17) is 5.73 Å². The molecule has 3 N–H and O–H groups in total. The van der Waals surface area contributed by atoms with Crippen LogP contribution in [-0.2, 0) is 0 Å². The van der Waals surface area contributed by atoms with Crippen LogP contribution >= 0.6 is 15.9 Å². The van der Waals surface area contributed by atoms with Crippen LogP contribution < -0.4 is 11.1 Å². The maximum atomic E-state index is 12.2. The molecule has 2 aromatic rings. The molecule has 0 heterocycles. The molecule has 0 saturated heterocycles. The van der Waals surface area contributed by atoms with Crippen molar-refractivity contribution < 1.29 is 4.79 Å². The normalized spacial score (nSPS) is 11.9. The number of carbonyl (C=O) groups is 1. The fourth-order valence-electron chi connectivity index (χ4n) is 1.96. The van der Waals surface area contributed by atoms with Gasteiger partial charge in [-0.2, -0.15) is 0 Å². The van der Waals surface area contributed by atoms with Crippen molar-refractivity contribution in [2.24, 2.45) is 0 Å². The first-order valence-electron chi connectivity index (χ1n) is 6.46. The third-order valence-electron chi connectivity index (χ3n) is 3.17. The van der Waals surface area contributed by atoms with E-state index in [0.29, 0.717) is 17.8 Å². The highest BCUT2D eigenvalue weighted by Crippen LogP contribution is 2.20. The third kappa shape index (κ3) is 3.61. The Morgan fingerprint density at radius 3 is 2.65 bits per heavy atom. The smallest absolute Gasteiger partial charge is 0.252 e. The standard InChI is InChI=1S/C16H17BrN2O/c1-11(12-5-3-2-4-6-12)10-19-16(20)14-9-13(18)7-8-15(14)17/h2-9,11H,10,18H2,1H3,(H,19,20). The quantitative estimate of drug-likeness (QED) is 0.841. The molecule has 0 aliphatic rings. The molecule has 2 rings (SSSR count). The lowest BCUT2D eigenvalue weighted by Crippen LogP contribution is -2.27. The molecule has 0 fully saturated rings. The molecule has 0 spiro atoms. The van der Waals surface area contributed by atoms with Gasteiger partial charge in [-0.25, -0.2) is 0 Å². The summed E-state index contributed by atoms with van der Waals surface area (Å²) in [6, 6.07) is 15.3. The Balaban J connectivity index is 2.00. The van der Waals surface area contributed by atoms with E-state index in [1.807, 2.05) is 18.2 Å². The largest absolute Gasteiger partial charge is 0.399 e. The summed E-state index contributed by atoms with van der Waals surface area (Å²) >= 11 is 3.37. The summed E-state index contributed by atoms with van der Waals surface area (Å²) in [4.78, 5) is 12.2. The summed E-state index contributed by atoms with van der Waals surface area (Å²) in [6.07, 6.45) is 0. The van der Waals surface area contributed by atoms with Gasteiger partial charge in [0.25, 0.3) is 5.91 Å². The Kier molecular flexibility index (Phi) is 4.79. The highest BCUT2D eigenvalue weighted by molar-refractivity contribution is 9.10. The first kappa shape index (κ1) is 14.6. The van der Waals surface area contributed by atoms with Crippen LogP contribution in [0.2, 0.25) is 0 Å². The molecule has 1 amide bonds. The van der Waals surface area contributed by atoms with E-state index < -0.39 is 0 Å². The van der Waals surface area contributed by atoms with Crippen LogP contribution in [-0.4, -0.2) is 12.5 Å². The summed E-state index contributed by atoms with van der Waals surface area (Å²) in [5, 5.41) is 2.94. The minimum atomic E-state index is -0.119. The average Bonchev–Trinajstić information content (AvgIpc) is 2.47. The van der Waals surface area contributed by atoms with Gasteiger partial charge in [-0.05, 0) is 45.6 Å². The van der Waals surface area contributed by atoms with Crippen molar-refractivity contribution in [2.45, 2.75) is 12.8 Å². The molecule has 0 radical (unpaired) electrons. The van der Waals surface area contributed by atoms with E-state index in [9.17, 15) is 4.79 Å². The van der Waals surface area contributed by atoms with Crippen LogP contribution in [0.5, 0.6) is 0 Å². The van der Waals surface area contributed by atoms with Crippen molar-refractivity contribution in [3.63, 3.8) is 0 Å². The monoisotopic (exact) mass is 332 g/mol. The Hall–Kier alpha value is -1.81. The Morgan fingerprint density at radius 2 is 1.95 bits per heavy atom. The fourth-order valence-corrected chi connectivity index (χ4v) is 2.38. The van der Waals surface area contributed by atoms with Gasteiger partial charge in [-0.15, -0.1) is 0 Å². The zero-order valence-electron chi connectivity index (χ0n) is 11.3. The van der Waals surface area contributed by atoms with Gasteiger partial charge >= 0.3 is 0 Å². The number of halogens is 1. The van der Waals surface area contributed by atoms with Gasteiger partial charge in [0, 0.05) is 16.7 Å². The van der Waals surface area contributed by atoms with Crippen LogP contribution in [0.4, 0.5) is 5.69 Å². The molecule has 0 aliphatic heterocycles. The summed E-state index contributed by atoms with van der Waals surface area (Å²) in [7, 11) is 0. The lowest BCUT2D eigenvalue weighted by atomic mass is 10.0. The second-order valence-electron chi connectivity index (χ2n) is 4.76. The first-order chi connectivity index (χ1) is 9.58. The lowest BCUT2D eigenvalue weighted by Gasteiger charge is -2.13. The molecule has 0 bridgehead atoms. The average molecular weight is 333 g/mol. The molecule has 2 aromatic carbocycles. The van der Waals surface area contributed by atoms with Crippen LogP contribution in [0, 0.1) is 0 Å². The predicted molar refractivity (Wildman–Crippen MR) is 85.7 cm³/mol. The second kappa shape index (κ2) is 6.57. The highest BCUT2D eigenvalue weighted by Gasteiger charge is 2.12. The summed E-state index contributed by atoms with van der Waals surface area (Å²) < 4.78 is 0.747. The maximum absolute atomic E-state index is 12.2. The van der Waals surface area contributed by atoms with E-state index in [1.165, 1.54) is 5.56 Å². The van der Waals surface area contributed by atoms with Crippen molar-refractivity contribution in [1.82, 2.24) is 5.32 Å². The number of hydrogen-bond acceptors (Lipinski definition) is 2. The number of nitrogen functional groups attached to an aromatic ring is 1. The molecule has 4 heteroatoms. The minimum Gasteiger partial charge on any atom is -0.399 e. The number of rotatable bonds is 4. The number of amides is 1. The van der Waals surface area contributed by atoms with E-state index in [2.05, 4.69) is 40.3 Å². The van der Waals surface area contributed by atoms with Crippen LogP contribution in [0.1, 0.15) is 28.8 Å². The molecule has 3 nitrogen and oxygen atoms in total. The van der Waals surface area contributed by atoms with Gasteiger partial charge < -0.3 is 11.1 Å². The molecular weight excluding hydrogens is 316 g/mol. The molecule has 0 saturated carbocycles. The predicted octanol–water partition coefficient (Wildman–Crippen LogP) is 3.56. The fraction of sp³-hybridized carbons (Fsp3) is 0.188. The molecule has 104 valence electrons. The summed E-state index contributed by atoms with van der Waals surface area (Å²) in [5.41, 5.74) is 8.06. The van der Waals surface area contributed by atoms with E-state index in [0.717, 1.165) is 4.47 Å².